The highest BCUT2D eigenvalue weighted by Gasteiger charge is 2.25. The molecule has 1 fully saturated rings. The van der Waals surface area contributed by atoms with Crippen LogP contribution in [0.1, 0.15) is 18.9 Å². The van der Waals surface area contributed by atoms with Gasteiger partial charge >= 0.3 is 0 Å². The zero-order valence-electron chi connectivity index (χ0n) is 12.7. The number of carbonyl (C=O) groups is 1. The van der Waals surface area contributed by atoms with Crippen molar-refractivity contribution in [3.63, 3.8) is 0 Å². The van der Waals surface area contributed by atoms with Gasteiger partial charge in [0.05, 0.1) is 18.8 Å². The molecular weight excluding hydrogens is 280 g/mol. The van der Waals surface area contributed by atoms with Gasteiger partial charge in [-0.3, -0.25) is 14.5 Å². The zero-order chi connectivity index (χ0) is 15.4. The molecule has 116 valence electrons. The number of anilines is 1. The van der Waals surface area contributed by atoms with Crippen molar-refractivity contribution in [2.45, 2.75) is 18.9 Å². The lowest BCUT2D eigenvalue weighted by Crippen LogP contribution is -2.45. The van der Waals surface area contributed by atoms with Gasteiger partial charge in [-0.2, -0.15) is 5.10 Å². The fourth-order valence-electron chi connectivity index (χ4n) is 2.77. The summed E-state index contributed by atoms with van der Waals surface area (Å²) in [7, 11) is 1.86. The highest BCUT2D eigenvalue weighted by molar-refractivity contribution is 5.81. The number of hydrogen-bond acceptors (Lipinski definition) is 5. The molecule has 3 heterocycles. The number of rotatable bonds is 4. The molecule has 1 unspecified atom stereocenters. The van der Waals surface area contributed by atoms with E-state index in [9.17, 15) is 4.79 Å². The maximum atomic E-state index is 12.5. The second-order valence-corrected chi connectivity index (χ2v) is 5.54. The third-order valence-electron chi connectivity index (χ3n) is 3.96. The van der Waals surface area contributed by atoms with Gasteiger partial charge < -0.3 is 9.80 Å². The van der Waals surface area contributed by atoms with Crippen LogP contribution in [0.3, 0.4) is 0 Å². The number of amides is 1. The second-order valence-electron chi connectivity index (χ2n) is 5.54. The largest absolute Gasteiger partial charge is 0.349 e. The molecule has 0 saturated carbocycles. The summed E-state index contributed by atoms with van der Waals surface area (Å²) in [6.07, 6.45) is 10.7. The lowest BCUT2D eigenvalue weighted by atomic mass is 10.1. The topological polar surface area (TPSA) is 67.2 Å². The van der Waals surface area contributed by atoms with E-state index in [1.807, 2.05) is 33.8 Å². The summed E-state index contributed by atoms with van der Waals surface area (Å²) < 4.78 is 1.95. The van der Waals surface area contributed by atoms with Crippen LogP contribution in [0, 0.1) is 0 Å². The molecule has 0 radical (unpaired) electrons. The Kier molecular flexibility index (Phi) is 4.32. The minimum Gasteiger partial charge on any atom is -0.349 e. The normalized spacial score (nSPS) is 18.2. The van der Waals surface area contributed by atoms with Crippen LogP contribution in [0.25, 0.3) is 0 Å². The second kappa shape index (κ2) is 6.55. The van der Waals surface area contributed by atoms with Crippen LogP contribution in [0.15, 0.2) is 37.1 Å². The van der Waals surface area contributed by atoms with Crippen LogP contribution in [-0.2, 0) is 4.79 Å². The summed E-state index contributed by atoms with van der Waals surface area (Å²) >= 11 is 0. The Balaban J connectivity index is 1.60. The number of carbonyl (C=O) groups excluding carboxylic acids is 1. The van der Waals surface area contributed by atoms with Gasteiger partial charge in [0.1, 0.15) is 5.82 Å². The van der Waals surface area contributed by atoms with Gasteiger partial charge in [-0.25, -0.2) is 4.98 Å². The van der Waals surface area contributed by atoms with Crippen molar-refractivity contribution < 1.29 is 4.79 Å². The lowest BCUT2D eigenvalue weighted by Gasteiger charge is -2.34. The molecule has 1 amide bonds. The van der Waals surface area contributed by atoms with Crippen molar-refractivity contribution in [3.05, 3.63) is 37.1 Å². The molecule has 7 heteroatoms. The smallest absolute Gasteiger partial charge is 0.242 e. The number of likely N-dealkylation sites (tertiary alicyclic amines) is 1. The lowest BCUT2D eigenvalue weighted by molar-refractivity contribution is -0.131. The molecule has 1 aliphatic rings. The van der Waals surface area contributed by atoms with Crippen LogP contribution in [0.2, 0.25) is 0 Å². The van der Waals surface area contributed by atoms with E-state index >= 15 is 0 Å². The number of nitrogens with zero attached hydrogens (tertiary/aromatic N) is 6. The quantitative estimate of drug-likeness (QED) is 0.842. The molecule has 0 spiro atoms. The van der Waals surface area contributed by atoms with Crippen LogP contribution < -0.4 is 4.90 Å². The summed E-state index contributed by atoms with van der Waals surface area (Å²) in [4.78, 5) is 24.5. The van der Waals surface area contributed by atoms with E-state index in [4.69, 9.17) is 0 Å². The van der Waals surface area contributed by atoms with Gasteiger partial charge in [0.25, 0.3) is 0 Å². The van der Waals surface area contributed by atoms with Gasteiger partial charge in [-0.1, -0.05) is 0 Å². The van der Waals surface area contributed by atoms with Gasteiger partial charge in [0.15, 0.2) is 0 Å². The van der Waals surface area contributed by atoms with Gasteiger partial charge in [0.2, 0.25) is 5.91 Å². The van der Waals surface area contributed by atoms with Crippen molar-refractivity contribution in [2.24, 2.45) is 0 Å². The molecule has 0 aromatic carbocycles. The molecule has 0 bridgehead atoms. The summed E-state index contributed by atoms with van der Waals surface area (Å²) in [6.45, 7) is 1.84. The molecule has 2 aromatic rings. The number of likely N-dealkylation sites (N-methyl/N-ethyl adjacent to an activating group) is 1. The Morgan fingerprint density at radius 3 is 3.05 bits per heavy atom. The van der Waals surface area contributed by atoms with Crippen molar-refractivity contribution >= 4 is 11.7 Å². The van der Waals surface area contributed by atoms with E-state index in [-0.39, 0.29) is 11.9 Å². The first kappa shape index (κ1) is 14.5. The monoisotopic (exact) mass is 300 g/mol. The van der Waals surface area contributed by atoms with Gasteiger partial charge in [-0.05, 0) is 18.9 Å². The zero-order valence-corrected chi connectivity index (χ0v) is 12.7. The van der Waals surface area contributed by atoms with Crippen LogP contribution >= 0.6 is 0 Å². The first-order valence-corrected chi connectivity index (χ1v) is 7.48. The first-order valence-electron chi connectivity index (χ1n) is 7.48. The average Bonchev–Trinajstić information content (AvgIpc) is 3.10. The minimum atomic E-state index is 0.116. The van der Waals surface area contributed by atoms with E-state index < -0.39 is 0 Å². The molecule has 7 nitrogen and oxygen atoms in total. The highest BCUT2D eigenvalue weighted by Crippen LogP contribution is 2.20. The van der Waals surface area contributed by atoms with E-state index in [0.717, 1.165) is 25.9 Å². The maximum absolute atomic E-state index is 12.5. The van der Waals surface area contributed by atoms with Crippen LogP contribution in [0.4, 0.5) is 5.82 Å². The molecule has 1 saturated heterocycles. The molecule has 3 rings (SSSR count). The van der Waals surface area contributed by atoms with Crippen LogP contribution in [-0.4, -0.2) is 57.2 Å². The van der Waals surface area contributed by atoms with E-state index in [1.54, 1.807) is 24.8 Å². The Hall–Kier alpha value is -2.44. The summed E-state index contributed by atoms with van der Waals surface area (Å²) in [6, 6.07) is 2.19. The Morgan fingerprint density at radius 1 is 1.41 bits per heavy atom. The van der Waals surface area contributed by atoms with Crippen LogP contribution in [0.5, 0.6) is 0 Å². The van der Waals surface area contributed by atoms with Gasteiger partial charge in [-0.15, -0.1) is 0 Å². The van der Waals surface area contributed by atoms with E-state index in [2.05, 4.69) is 15.1 Å². The molecule has 0 N–H and O–H groups in total. The molecule has 1 aliphatic heterocycles. The average molecular weight is 300 g/mol. The number of hydrogen-bond donors (Lipinski definition) is 0. The van der Waals surface area contributed by atoms with Crippen molar-refractivity contribution in [1.29, 1.82) is 0 Å². The maximum Gasteiger partial charge on any atom is 0.242 e. The van der Waals surface area contributed by atoms with Crippen molar-refractivity contribution in [1.82, 2.24) is 24.6 Å². The summed E-state index contributed by atoms with van der Waals surface area (Å²) in [5.74, 6) is 0.821. The van der Waals surface area contributed by atoms with Crippen molar-refractivity contribution in [2.75, 3.05) is 31.6 Å². The molecule has 2 aromatic heterocycles. The minimum absolute atomic E-state index is 0.116. The van der Waals surface area contributed by atoms with E-state index in [1.165, 1.54) is 0 Å². The Morgan fingerprint density at radius 2 is 2.32 bits per heavy atom. The molecule has 0 aliphatic carbocycles. The Bertz CT molecular complexity index is 600. The highest BCUT2D eigenvalue weighted by atomic mass is 16.2. The number of piperidine rings is 1. The predicted octanol–water partition coefficient (Wildman–Crippen LogP) is 0.973. The molecular formula is C15H20N6O. The third kappa shape index (κ3) is 3.24. The van der Waals surface area contributed by atoms with Crippen molar-refractivity contribution in [3.8, 4) is 0 Å². The predicted molar refractivity (Wildman–Crippen MR) is 82.4 cm³/mol. The van der Waals surface area contributed by atoms with E-state index in [0.29, 0.717) is 12.4 Å². The fourth-order valence-corrected chi connectivity index (χ4v) is 2.77. The molecule has 1 atom stereocenters. The van der Waals surface area contributed by atoms with Gasteiger partial charge in [0, 0.05) is 44.9 Å². The standard InChI is InChI=1S/C15H20N6O/c1-19(14-10-16-6-7-17-14)12-15(22)20-8-2-4-13(11-20)21-9-3-5-18-21/h3,5-7,9-10,13H,2,4,8,11-12H2,1H3. The number of aromatic nitrogens is 4. The molecule has 22 heavy (non-hydrogen) atoms. The third-order valence-corrected chi connectivity index (χ3v) is 3.96. The Labute approximate surface area is 129 Å². The first-order chi connectivity index (χ1) is 10.7. The SMILES string of the molecule is CN(CC(=O)N1CCCC(n2cccn2)C1)c1cnccn1. The fraction of sp³-hybridized carbons (Fsp3) is 0.467. The summed E-state index contributed by atoms with van der Waals surface area (Å²) in [5, 5.41) is 4.29. The summed E-state index contributed by atoms with van der Waals surface area (Å²) in [5.41, 5.74) is 0.